The van der Waals surface area contributed by atoms with Crippen LogP contribution in [-0.4, -0.2) is 22.2 Å². The third kappa shape index (κ3) is 6.22. The van der Waals surface area contributed by atoms with Crippen LogP contribution in [0.1, 0.15) is 47.2 Å². The first-order valence-corrected chi connectivity index (χ1v) is 9.77. The number of benzene rings is 2. The van der Waals surface area contributed by atoms with Gasteiger partial charge in [-0.25, -0.2) is 9.59 Å². The molecular weight excluding hydrogens is 396 g/mol. The molecule has 2 rings (SSSR count). The third-order valence-electron chi connectivity index (χ3n) is 4.70. The molecule has 2 aromatic rings. The van der Waals surface area contributed by atoms with E-state index in [4.69, 9.17) is 9.47 Å². The van der Waals surface area contributed by atoms with E-state index in [2.05, 4.69) is 13.2 Å². The molecule has 0 radical (unpaired) electrons. The Morgan fingerprint density at radius 2 is 1.13 bits per heavy atom. The number of phenolic OH excluding ortho intramolecular Hbond substituents is 2. The lowest BCUT2D eigenvalue weighted by atomic mass is 9.96. The van der Waals surface area contributed by atoms with E-state index in [9.17, 15) is 19.8 Å². The molecule has 0 heterocycles. The van der Waals surface area contributed by atoms with E-state index in [0.29, 0.717) is 44.5 Å². The second-order valence-electron chi connectivity index (χ2n) is 7.73. The minimum absolute atomic E-state index is 0.0434. The van der Waals surface area contributed by atoms with Crippen LogP contribution >= 0.6 is 0 Å². The predicted molar refractivity (Wildman–Crippen MR) is 118 cm³/mol. The van der Waals surface area contributed by atoms with E-state index in [-0.39, 0.29) is 31.1 Å². The van der Waals surface area contributed by atoms with Gasteiger partial charge in [-0.1, -0.05) is 13.2 Å². The zero-order valence-corrected chi connectivity index (χ0v) is 18.4. The zero-order chi connectivity index (χ0) is 23.3. The molecular formula is C25H28O6. The molecule has 2 N–H and O–H groups in total. The summed E-state index contributed by atoms with van der Waals surface area (Å²) in [6.07, 6.45) is 0.240. The predicted octanol–water partition coefficient (Wildman–Crippen LogP) is 4.54. The van der Waals surface area contributed by atoms with Gasteiger partial charge in [-0.2, -0.15) is 0 Å². The van der Waals surface area contributed by atoms with E-state index < -0.39 is 11.9 Å². The van der Waals surface area contributed by atoms with Gasteiger partial charge in [-0.3, -0.25) is 0 Å². The van der Waals surface area contributed by atoms with Gasteiger partial charge in [-0.15, -0.1) is 0 Å². The van der Waals surface area contributed by atoms with E-state index in [1.807, 2.05) is 0 Å². The average molecular weight is 424 g/mol. The van der Waals surface area contributed by atoms with Crippen LogP contribution in [0.25, 0.3) is 0 Å². The molecule has 0 fully saturated rings. The highest BCUT2D eigenvalue weighted by Crippen LogP contribution is 2.32. The van der Waals surface area contributed by atoms with Gasteiger partial charge in [0.15, 0.2) is 0 Å². The fourth-order valence-corrected chi connectivity index (χ4v) is 3.05. The molecule has 164 valence electrons. The number of rotatable bonds is 8. The van der Waals surface area contributed by atoms with Crippen molar-refractivity contribution in [3.8, 4) is 11.5 Å². The van der Waals surface area contributed by atoms with Crippen molar-refractivity contribution in [3.05, 3.63) is 82.0 Å². The fraction of sp³-hybridized carbons (Fsp3) is 0.280. The van der Waals surface area contributed by atoms with Gasteiger partial charge in [0.05, 0.1) is 0 Å². The van der Waals surface area contributed by atoms with Gasteiger partial charge in [-0.05, 0) is 85.3 Å². The Kier molecular flexibility index (Phi) is 7.64. The smallest absolute Gasteiger partial charge is 0.333 e. The Balaban J connectivity index is 2.30. The minimum atomic E-state index is -0.488. The highest BCUT2D eigenvalue weighted by Gasteiger charge is 2.15. The first-order valence-electron chi connectivity index (χ1n) is 9.77. The van der Waals surface area contributed by atoms with E-state index in [1.165, 1.54) is 0 Å². The van der Waals surface area contributed by atoms with Crippen LogP contribution in [0.3, 0.4) is 0 Å². The number of carbonyl (C=O) groups is 2. The maximum atomic E-state index is 11.7. The highest BCUT2D eigenvalue weighted by molar-refractivity contribution is 5.87. The van der Waals surface area contributed by atoms with Crippen LogP contribution in [-0.2, 0) is 38.7 Å². The van der Waals surface area contributed by atoms with Gasteiger partial charge < -0.3 is 19.7 Å². The monoisotopic (exact) mass is 424 g/mol. The number of hydrogen-bond acceptors (Lipinski definition) is 6. The number of aryl methyl sites for hydroxylation is 2. The van der Waals surface area contributed by atoms with E-state index in [0.717, 1.165) is 0 Å². The molecule has 0 bridgehead atoms. The lowest BCUT2D eigenvalue weighted by Gasteiger charge is -2.15. The normalized spacial score (nSPS) is 10.5. The number of ether oxygens (including phenoxy) is 2. The summed E-state index contributed by atoms with van der Waals surface area (Å²) in [5.41, 5.74) is 4.44. The van der Waals surface area contributed by atoms with E-state index in [1.54, 1.807) is 52.0 Å². The van der Waals surface area contributed by atoms with Crippen LogP contribution in [0.5, 0.6) is 11.5 Å². The summed E-state index contributed by atoms with van der Waals surface area (Å²) < 4.78 is 10.4. The number of carbonyl (C=O) groups excluding carboxylic acids is 2. The number of hydrogen-bond donors (Lipinski definition) is 2. The summed E-state index contributed by atoms with van der Waals surface area (Å²) >= 11 is 0. The summed E-state index contributed by atoms with van der Waals surface area (Å²) in [6.45, 7) is 13.8. The molecule has 0 aromatic heterocycles. The number of phenols is 2. The van der Waals surface area contributed by atoms with Gasteiger partial charge in [0.2, 0.25) is 0 Å². The standard InChI is InChI=1S/C25H28O6/c1-14(2)24(28)30-12-18-7-16(5)22(26)20(9-18)11-21-10-19(8-17(6)23(21)27)13-31-25(29)15(3)4/h7-10,26-27H,1,3,11-13H2,2,4-6H3. The van der Waals surface area contributed by atoms with Crippen LogP contribution in [0.4, 0.5) is 0 Å². The molecule has 0 atom stereocenters. The van der Waals surface area contributed by atoms with Gasteiger partial charge in [0.25, 0.3) is 0 Å². The molecule has 6 heteroatoms. The lowest BCUT2D eigenvalue weighted by Crippen LogP contribution is -2.06. The van der Waals surface area contributed by atoms with Crippen molar-refractivity contribution in [1.29, 1.82) is 0 Å². The van der Waals surface area contributed by atoms with E-state index >= 15 is 0 Å². The van der Waals surface area contributed by atoms with Gasteiger partial charge in [0, 0.05) is 17.6 Å². The largest absolute Gasteiger partial charge is 0.507 e. The second kappa shape index (κ2) is 9.98. The summed E-state index contributed by atoms with van der Waals surface area (Å²) in [7, 11) is 0. The van der Waals surface area contributed by atoms with Crippen molar-refractivity contribution in [3.63, 3.8) is 0 Å². The Labute approximate surface area is 182 Å². The van der Waals surface area contributed by atoms with Crippen LogP contribution in [0, 0.1) is 13.8 Å². The SMILES string of the molecule is C=C(C)C(=O)OCc1cc(C)c(O)c(Cc2cc(COC(=O)C(=C)C)cc(C)c2O)c1. The maximum Gasteiger partial charge on any atom is 0.333 e. The number of esters is 2. The first kappa shape index (κ1) is 23.7. The highest BCUT2D eigenvalue weighted by atomic mass is 16.5. The molecule has 0 saturated carbocycles. The molecule has 0 amide bonds. The molecule has 31 heavy (non-hydrogen) atoms. The first-order chi connectivity index (χ1) is 14.5. The molecule has 6 nitrogen and oxygen atoms in total. The topological polar surface area (TPSA) is 93.1 Å². The Morgan fingerprint density at radius 1 is 0.774 bits per heavy atom. The van der Waals surface area contributed by atoms with Gasteiger partial charge >= 0.3 is 11.9 Å². The van der Waals surface area contributed by atoms with Gasteiger partial charge in [0.1, 0.15) is 24.7 Å². The second-order valence-corrected chi connectivity index (χ2v) is 7.73. The minimum Gasteiger partial charge on any atom is -0.507 e. The maximum absolute atomic E-state index is 11.7. The summed E-state index contributed by atoms with van der Waals surface area (Å²) in [6, 6.07) is 6.94. The molecule has 0 aliphatic carbocycles. The average Bonchev–Trinajstić information content (AvgIpc) is 2.70. The summed E-state index contributed by atoms with van der Waals surface area (Å²) in [5.74, 6) is -0.771. The van der Waals surface area contributed by atoms with Crippen LogP contribution < -0.4 is 0 Å². The molecule has 0 unspecified atom stereocenters. The zero-order valence-electron chi connectivity index (χ0n) is 18.4. The van der Waals surface area contributed by atoms with Crippen molar-refractivity contribution in [2.75, 3.05) is 0 Å². The van der Waals surface area contributed by atoms with Crippen LogP contribution in [0.2, 0.25) is 0 Å². The lowest BCUT2D eigenvalue weighted by molar-refractivity contribution is -0.141. The third-order valence-corrected chi connectivity index (χ3v) is 4.70. The van der Waals surface area contributed by atoms with Crippen molar-refractivity contribution < 1.29 is 29.3 Å². The molecule has 0 aliphatic heterocycles. The molecule has 0 saturated heterocycles. The Hall–Kier alpha value is -3.54. The Bertz CT molecular complexity index is 965. The Morgan fingerprint density at radius 3 is 1.45 bits per heavy atom. The molecule has 0 aliphatic rings. The molecule has 0 spiro atoms. The van der Waals surface area contributed by atoms with Crippen LogP contribution in [0.15, 0.2) is 48.6 Å². The summed E-state index contributed by atoms with van der Waals surface area (Å²) in [4.78, 5) is 23.3. The molecule has 2 aromatic carbocycles. The van der Waals surface area contributed by atoms with Crippen molar-refractivity contribution >= 4 is 11.9 Å². The number of aromatic hydroxyl groups is 2. The summed E-state index contributed by atoms with van der Waals surface area (Å²) in [5, 5.41) is 21.1. The van der Waals surface area contributed by atoms with Crippen molar-refractivity contribution in [2.24, 2.45) is 0 Å². The fourth-order valence-electron chi connectivity index (χ4n) is 3.05. The quantitative estimate of drug-likeness (QED) is 0.477. The van der Waals surface area contributed by atoms with Crippen molar-refractivity contribution in [1.82, 2.24) is 0 Å². The van der Waals surface area contributed by atoms with Crippen molar-refractivity contribution in [2.45, 2.75) is 47.3 Å².